The Hall–Kier alpha value is -1.39. The van der Waals surface area contributed by atoms with Gasteiger partial charge in [0.1, 0.15) is 0 Å². The van der Waals surface area contributed by atoms with Crippen LogP contribution in [0.1, 0.15) is 26.2 Å². The monoisotopic (exact) mass is 265 g/mol. The summed E-state index contributed by atoms with van der Waals surface area (Å²) in [5.74, 6) is 1.11. The van der Waals surface area contributed by atoms with E-state index in [1.54, 1.807) is 6.07 Å². The maximum atomic E-state index is 6.08. The van der Waals surface area contributed by atoms with Crippen molar-refractivity contribution in [1.29, 1.82) is 0 Å². The van der Waals surface area contributed by atoms with Crippen LogP contribution in [0.5, 0.6) is 0 Å². The van der Waals surface area contributed by atoms with Crippen molar-refractivity contribution in [2.75, 3.05) is 0 Å². The Kier molecular flexibility index (Phi) is 3.68. The molecule has 2 N–H and O–H groups in total. The molecule has 0 aliphatic carbocycles. The van der Waals surface area contributed by atoms with Crippen LogP contribution in [0, 0.1) is 0 Å². The molecule has 4 nitrogen and oxygen atoms in total. The maximum absolute atomic E-state index is 6.08. The summed E-state index contributed by atoms with van der Waals surface area (Å²) in [6.07, 6.45) is 1.46. The Labute approximate surface area is 111 Å². The quantitative estimate of drug-likeness (QED) is 0.923. The zero-order valence-corrected chi connectivity index (χ0v) is 11.2. The number of benzene rings is 1. The molecule has 0 fully saturated rings. The Morgan fingerprint density at radius 2 is 2.06 bits per heavy atom. The van der Waals surface area contributed by atoms with Crippen LogP contribution < -0.4 is 5.73 Å². The molecule has 0 spiro atoms. The van der Waals surface area contributed by atoms with E-state index in [1.807, 2.05) is 32.0 Å². The summed E-state index contributed by atoms with van der Waals surface area (Å²) in [6.45, 7) is 3.94. The lowest BCUT2D eigenvalue weighted by Gasteiger charge is -2.16. The second kappa shape index (κ2) is 5.08. The van der Waals surface area contributed by atoms with Gasteiger partial charge in [0.25, 0.3) is 0 Å². The minimum Gasteiger partial charge on any atom is -0.339 e. The van der Waals surface area contributed by atoms with Gasteiger partial charge in [-0.1, -0.05) is 28.9 Å². The molecular formula is C13H16ClN3O. The van der Waals surface area contributed by atoms with E-state index in [9.17, 15) is 0 Å². The molecule has 96 valence electrons. The number of rotatable bonds is 4. The predicted molar refractivity (Wildman–Crippen MR) is 71.3 cm³/mol. The number of aryl methyl sites for hydroxylation is 1. The molecule has 0 atom stereocenters. The lowest BCUT2D eigenvalue weighted by atomic mass is 10.0. The van der Waals surface area contributed by atoms with Gasteiger partial charge < -0.3 is 10.3 Å². The van der Waals surface area contributed by atoms with Gasteiger partial charge in [-0.15, -0.1) is 0 Å². The molecule has 0 unspecified atom stereocenters. The maximum Gasteiger partial charge on any atom is 0.227 e. The summed E-state index contributed by atoms with van der Waals surface area (Å²) < 4.78 is 5.19. The van der Waals surface area contributed by atoms with Crippen LogP contribution in [0.4, 0.5) is 0 Å². The number of halogens is 1. The lowest BCUT2D eigenvalue weighted by molar-refractivity contribution is 0.358. The average Bonchev–Trinajstić information content (AvgIpc) is 2.75. The highest BCUT2D eigenvalue weighted by Gasteiger charge is 2.15. The van der Waals surface area contributed by atoms with Gasteiger partial charge in [-0.2, -0.15) is 4.98 Å². The number of hydrogen-bond donors (Lipinski definition) is 1. The van der Waals surface area contributed by atoms with E-state index < -0.39 is 0 Å². The summed E-state index contributed by atoms with van der Waals surface area (Å²) in [7, 11) is 0. The Bertz CT molecular complexity index is 531. The van der Waals surface area contributed by atoms with Crippen molar-refractivity contribution >= 4 is 11.6 Å². The third-order valence-corrected chi connectivity index (χ3v) is 2.90. The van der Waals surface area contributed by atoms with E-state index in [-0.39, 0.29) is 5.54 Å². The Morgan fingerprint density at radius 3 is 2.72 bits per heavy atom. The summed E-state index contributed by atoms with van der Waals surface area (Å²) >= 11 is 6.08. The van der Waals surface area contributed by atoms with Gasteiger partial charge in [0.2, 0.25) is 11.7 Å². The molecule has 0 saturated heterocycles. The standard InChI is InChI=1S/C13H16ClN3O/c1-13(2,15)8-7-11-16-12(17-18-11)9-5-3-4-6-10(9)14/h3-6H,7-8,15H2,1-2H3. The van der Waals surface area contributed by atoms with Crippen LogP contribution in [0.3, 0.4) is 0 Å². The van der Waals surface area contributed by atoms with Crippen molar-refractivity contribution in [3.63, 3.8) is 0 Å². The minimum absolute atomic E-state index is 0.237. The van der Waals surface area contributed by atoms with Gasteiger partial charge in [0.05, 0.1) is 5.02 Å². The van der Waals surface area contributed by atoms with Crippen molar-refractivity contribution in [3.8, 4) is 11.4 Å². The molecule has 1 heterocycles. The highest BCUT2D eigenvalue weighted by Crippen LogP contribution is 2.25. The Balaban J connectivity index is 2.14. The number of hydrogen-bond acceptors (Lipinski definition) is 4. The van der Waals surface area contributed by atoms with Crippen LogP contribution >= 0.6 is 11.6 Å². The van der Waals surface area contributed by atoms with Gasteiger partial charge in [-0.05, 0) is 32.4 Å². The number of nitrogens with zero attached hydrogens (tertiary/aromatic N) is 2. The van der Waals surface area contributed by atoms with Crippen LogP contribution in [-0.2, 0) is 6.42 Å². The molecular weight excluding hydrogens is 250 g/mol. The van der Waals surface area contributed by atoms with E-state index in [0.29, 0.717) is 23.2 Å². The first kappa shape index (κ1) is 13.1. The Morgan fingerprint density at radius 1 is 1.33 bits per heavy atom. The fourth-order valence-corrected chi connectivity index (χ4v) is 1.76. The second-order valence-electron chi connectivity index (χ2n) is 4.98. The van der Waals surface area contributed by atoms with E-state index in [0.717, 1.165) is 12.0 Å². The van der Waals surface area contributed by atoms with Gasteiger partial charge in [-0.3, -0.25) is 0 Å². The SMILES string of the molecule is CC(C)(N)CCc1nc(-c2ccccc2Cl)no1. The highest BCUT2D eigenvalue weighted by atomic mass is 35.5. The normalized spacial score (nSPS) is 11.8. The summed E-state index contributed by atoms with van der Waals surface area (Å²) in [5, 5.41) is 4.55. The van der Waals surface area contributed by atoms with Crippen molar-refractivity contribution in [1.82, 2.24) is 10.1 Å². The summed E-state index contributed by atoms with van der Waals surface area (Å²) in [6, 6.07) is 7.42. The van der Waals surface area contributed by atoms with Crippen molar-refractivity contribution in [2.45, 2.75) is 32.2 Å². The molecule has 0 saturated carbocycles. The molecule has 5 heteroatoms. The van der Waals surface area contributed by atoms with Crippen molar-refractivity contribution < 1.29 is 4.52 Å². The smallest absolute Gasteiger partial charge is 0.227 e. The van der Waals surface area contributed by atoms with Crippen molar-refractivity contribution in [3.05, 3.63) is 35.2 Å². The summed E-state index contributed by atoms with van der Waals surface area (Å²) in [4.78, 5) is 4.33. The van der Waals surface area contributed by atoms with Crippen LogP contribution in [-0.4, -0.2) is 15.7 Å². The number of nitrogens with two attached hydrogens (primary N) is 1. The first-order chi connectivity index (χ1) is 8.46. The molecule has 0 amide bonds. The van der Waals surface area contributed by atoms with Crippen LogP contribution in [0.15, 0.2) is 28.8 Å². The van der Waals surface area contributed by atoms with Crippen LogP contribution in [0.25, 0.3) is 11.4 Å². The van der Waals surface area contributed by atoms with E-state index in [1.165, 1.54) is 0 Å². The molecule has 2 aromatic rings. The summed E-state index contributed by atoms with van der Waals surface area (Å²) in [5.41, 5.74) is 6.46. The molecule has 0 radical (unpaired) electrons. The largest absolute Gasteiger partial charge is 0.339 e. The third kappa shape index (κ3) is 3.31. The van der Waals surface area contributed by atoms with Crippen molar-refractivity contribution in [2.24, 2.45) is 5.73 Å². The third-order valence-electron chi connectivity index (χ3n) is 2.57. The van der Waals surface area contributed by atoms with E-state index >= 15 is 0 Å². The fourth-order valence-electron chi connectivity index (χ4n) is 1.54. The molecule has 1 aromatic heterocycles. The second-order valence-corrected chi connectivity index (χ2v) is 5.39. The first-order valence-corrected chi connectivity index (χ1v) is 6.20. The molecule has 1 aromatic carbocycles. The van der Waals surface area contributed by atoms with E-state index in [2.05, 4.69) is 10.1 Å². The van der Waals surface area contributed by atoms with Gasteiger partial charge >= 0.3 is 0 Å². The minimum atomic E-state index is -0.237. The van der Waals surface area contributed by atoms with Gasteiger partial charge in [-0.25, -0.2) is 0 Å². The number of aromatic nitrogens is 2. The predicted octanol–water partition coefficient (Wildman–Crippen LogP) is 3.06. The molecule has 0 aliphatic rings. The zero-order chi connectivity index (χ0) is 13.2. The molecule has 2 rings (SSSR count). The zero-order valence-electron chi connectivity index (χ0n) is 10.5. The first-order valence-electron chi connectivity index (χ1n) is 5.82. The highest BCUT2D eigenvalue weighted by molar-refractivity contribution is 6.33. The van der Waals surface area contributed by atoms with Crippen LogP contribution in [0.2, 0.25) is 5.02 Å². The van der Waals surface area contributed by atoms with Gasteiger partial charge in [0.15, 0.2) is 0 Å². The van der Waals surface area contributed by atoms with Gasteiger partial charge in [0, 0.05) is 17.5 Å². The molecule has 0 aliphatic heterocycles. The topological polar surface area (TPSA) is 64.9 Å². The van der Waals surface area contributed by atoms with E-state index in [4.69, 9.17) is 21.9 Å². The molecule has 0 bridgehead atoms. The molecule has 18 heavy (non-hydrogen) atoms. The average molecular weight is 266 g/mol. The fraction of sp³-hybridized carbons (Fsp3) is 0.385. The lowest BCUT2D eigenvalue weighted by Crippen LogP contribution is -2.32.